The highest BCUT2D eigenvalue weighted by molar-refractivity contribution is 7.11. The zero-order chi connectivity index (χ0) is 14.8. The molecule has 4 heteroatoms. The lowest BCUT2D eigenvalue weighted by Crippen LogP contribution is -2.20. The first-order chi connectivity index (χ1) is 10.1. The van der Waals surface area contributed by atoms with Crippen LogP contribution < -0.4 is 5.32 Å². The monoisotopic (exact) mass is 300 g/mol. The predicted octanol–water partition coefficient (Wildman–Crippen LogP) is 4.40. The van der Waals surface area contributed by atoms with Gasteiger partial charge in [0.15, 0.2) is 0 Å². The quantitative estimate of drug-likeness (QED) is 0.759. The molecule has 2 heterocycles. The molecule has 3 nitrogen and oxygen atoms in total. The smallest absolute Gasteiger partial charge is 0.134 e. The fraction of sp³-hybridized carbons (Fsp3) is 0.353. The number of hydrogen-bond acceptors (Lipinski definition) is 4. The molecule has 3 rings (SSSR count). The highest BCUT2D eigenvalue weighted by Crippen LogP contribution is 2.23. The molecule has 3 aromatic rings. The lowest BCUT2D eigenvalue weighted by atomic mass is 10.2. The zero-order valence-electron chi connectivity index (χ0n) is 12.6. The van der Waals surface area contributed by atoms with Gasteiger partial charge >= 0.3 is 0 Å². The summed E-state index contributed by atoms with van der Waals surface area (Å²) in [6, 6.07) is 10.5. The molecular weight excluding hydrogens is 280 g/mol. The second kappa shape index (κ2) is 6.00. The van der Waals surface area contributed by atoms with Crippen LogP contribution in [0.25, 0.3) is 11.0 Å². The minimum absolute atomic E-state index is 0.215. The molecule has 0 aliphatic heterocycles. The van der Waals surface area contributed by atoms with Crippen LogP contribution in [0.1, 0.15) is 34.3 Å². The lowest BCUT2D eigenvalue weighted by molar-refractivity contribution is 0.454. The van der Waals surface area contributed by atoms with Gasteiger partial charge in [-0.15, -0.1) is 11.3 Å². The van der Waals surface area contributed by atoms with Gasteiger partial charge in [-0.05, 0) is 39.3 Å². The molecule has 1 aromatic carbocycles. The van der Waals surface area contributed by atoms with Gasteiger partial charge in [0, 0.05) is 16.8 Å². The maximum atomic E-state index is 5.89. The van der Waals surface area contributed by atoms with Gasteiger partial charge in [-0.1, -0.05) is 18.2 Å². The van der Waals surface area contributed by atoms with Crippen LogP contribution >= 0.6 is 11.3 Å². The highest BCUT2D eigenvalue weighted by atomic mass is 32.1. The molecule has 0 amide bonds. The maximum absolute atomic E-state index is 5.89. The van der Waals surface area contributed by atoms with E-state index >= 15 is 0 Å². The summed E-state index contributed by atoms with van der Waals surface area (Å²) in [6.07, 6.45) is 1.02. The third-order valence-corrected chi connectivity index (χ3v) is 4.81. The van der Waals surface area contributed by atoms with Gasteiger partial charge in [0.05, 0.1) is 16.7 Å². The molecule has 1 unspecified atom stereocenters. The van der Waals surface area contributed by atoms with E-state index in [2.05, 4.69) is 43.2 Å². The van der Waals surface area contributed by atoms with E-state index < -0.39 is 0 Å². The molecule has 0 saturated carbocycles. The normalized spacial score (nSPS) is 12.9. The van der Waals surface area contributed by atoms with Crippen LogP contribution in [0.2, 0.25) is 0 Å². The SMILES string of the molecule is Cc1nc(C)c(CCNC(C)c2cc3ccccc3o2)s1. The summed E-state index contributed by atoms with van der Waals surface area (Å²) in [4.78, 5) is 5.84. The summed E-state index contributed by atoms with van der Waals surface area (Å²) in [5, 5.41) is 5.84. The van der Waals surface area contributed by atoms with Gasteiger partial charge in [-0.2, -0.15) is 0 Å². The van der Waals surface area contributed by atoms with Crippen molar-refractivity contribution < 1.29 is 4.42 Å². The fourth-order valence-corrected chi connectivity index (χ4v) is 3.46. The molecule has 0 aliphatic rings. The number of aromatic nitrogens is 1. The number of fused-ring (bicyclic) bond motifs is 1. The summed E-state index contributed by atoms with van der Waals surface area (Å²) >= 11 is 1.79. The molecule has 0 fully saturated rings. The van der Waals surface area contributed by atoms with Crippen molar-refractivity contribution in [1.82, 2.24) is 10.3 Å². The highest BCUT2D eigenvalue weighted by Gasteiger charge is 2.11. The van der Waals surface area contributed by atoms with Crippen LogP contribution in [-0.2, 0) is 6.42 Å². The Bertz CT molecular complexity index is 711. The second-order valence-corrected chi connectivity index (χ2v) is 6.64. The van der Waals surface area contributed by atoms with Crippen molar-refractivity contribution in [3.63, 3.8) is 0 Å². The second-order valence-electron chi connectivity index (χ2n) is 5.35. The summed E-state index contributed by atoms with van der Waals surface area (Å²) in [6.45, 7) is 7.22. The van der Waals surface area contributed by atoms with Crippen LogP contribution in [0.5, 0.6) is 0 Å². The summed E-state index contributed by atoms with van der Waals surface area (Å²) in [5.74, 6) is 0.994. The van der Waals surface area contributed by atoms with E-state index in [9.17, 15) is 0 Å². The van der Waals surface area contributed by atoms with Crippen LogP contribution in [0.3, 0.4) is 0 Å². The first-order valence-corrected chi connectivity index (χ1v) is 8.10. The third-order valence-electron chi connectivity index (χ3n) is 3.67. The van der Waals surface area contributed by atoms with E-state index in [0.717, 1.165) is 40.4 Å². The average Bonchev–Trinajstić information content (AvgIpc) is 3.02. The van der Waals surface area contributed by atoms with Crippen molar-refractivity contribution in [3.8, 4) is 0 Å². The molecule has 0 aliphatic carbocycles. The molecule has 1 atom stereocenters. The van der Waals surface area contributed by atoms with Crippen molar-refractivity contribution in [1.29, 1.82) is 0 Å². The molecule has 0 saturated heterocycles. The van der Waals surface area contributed by atoms with E-state index in [1.165, 1.54) is 4.88 Å². The van der Waals surface area contributed by atoms with Crippen LogP contribution in [-0.4, -0.2) is 11.5 Å². The number of nitrogens with one attached hydrogen (secondary N) is 1. The van der Waals surface area contributed by atoms with Crippen LogP contribution in [0, 0.1) is 13.8 Å². The average molecular weight is 300 g/mol. The van der Waals surface area contributed by atoms with Gasteiger partial charge in [0.25, 0.3) is 0 Å². The van der Waals surface area contributed by atoms with Crippen molar-refractivity contribution >= 4 is 22.3 Å². The van der Waals surface area contributed by atoms with Gasteiger partial charge in [0.2, 0.25) is 0 Å². The number of nitrogens with zero attached hydrogens (tertiary/aromatic N) is 1. The largest absolute Gasteiger partial charge is 0.459 e. The Morgan fingerprint density at radius 1 is 1.29 bits per heavy atom. The molecule has 1 N–H and O–H groups in total. The number of rotatable bonds is 5. The van der Waals surface area contributed by atoms with E-state index in [1.807, 2.05) is 18.2 Å². The Balaban J connectivity index is 1.61. The van der Waals surface area contributed by atoms with E-state index in [1.54, 1.807) is 11.3 Å². The number of benzene rings is 1. The van der Waals surface area contributed by atoms with Gasteiger partial charge in [-0.3, -0.25) is 0 Å². The van der Waals surface area contributed by atoms with Gasteiger partial charge in [0.1, 0.15) is 11.3 Å². The summed E-state index contributed by atoms with van der Waals surface area (Å²) < 4.78 is 5.89. The predicted molar refractivity (Wildman–Crippen MR) is 87.9 cm³/mol. The molecule has 0 spiro atoms. The Morgan fingerprint density at radius 2 is 2.10 bits per heavy atom. The van der Waals surface area contributed by atoms with Crippen molar-refractivity contribution in [2.24, 2.45) is 0 Å². The van der Waals surface area contributed by atoms with Crippen LogP contribution in [0.4, 0.5) is 0 Å². The maximum Gasteiger partial charge on any atom is 0.134 e. The minimum Gasteiger partial charge on any atom is -0.459 e. The molecule has 0 bridgehead atoms. The fourth-order valence-electron chi connectivity index (χ4n) is 2.52. The molecule has 2 aromatic heterocycles. The topological polar surface area (TPSA) is 38.1 Å². The van der Waals surface area contributed by atoms with Crippen molar-refractivity contribution in [2.75, 3.05) is 6.54 Å². The Kier molecular flexibility index (Phi) is 4.08. The van der Waals surface area contributed by atoms with Crippen molar-refractivity contribution in [3.05, 3.63) is 51.7 Å². The van der Waals surface area contributed by atoms with E-state index in [-0.39, 0.29) is 6.04 Å². The first kappa shape index (κ1) is 14.3. The van der Waals surface area contributed by atoms with E-state index in [0.29, 0.717) is 0 Å². The Labute approximate surface area is 129 Å². The van der Waals surface area contributed by atoms with Gasteiger partial charge < -0.3 is 9.73 Å². The summed E-state index contributed by atoms with van der Waals surface area (Å²) in [7, 11) is 0. The number of thiazole rings is 1. The molecule has 0 radical (unpaired) electrons. The number of para-hydroxylation sites is 1. The van der Waals surface area contributed by atoms with Crippen molar-refractivity contribution in [2.45, 2.75) is 33.2 Å². The number of hydrogen-bond donors (Lipinski definition) is 1. The van der Waals surface area contributed by atoms with Gasteiger partial charge in [-0.25, -0.2) is 4.98 Å². The number of aryl methyl sites for hydroxylation is 2. The zero-order valence-corrected chi connectivity index (χ0v) is 13.5. The first-order valence-electron chi connectivity index (χ1n) is 7.28. The summed E-state index contributed by atoms with van der Waals surface area (Å²) in [5.41, 5.74) is 2.12. The van der Waals surface area contributed by atoms with E-state index in [4.69, 9.17) is 4.42 Å². The lowest BCUT2D eigenvalue weighted by Gasteiger charge is -2.10. The molecule has 21 heavy (non-hydrogen) atoms. The molecule has 110 valence electrons. The molecular formula is C17H20N2OS. The van der Waals surface area contributed by atoms with Crippen LogP contribution in [0.15, 0.2) is 34.7 Å². The number of furan rings is 1. The Hall–Kier alpha value is -1.65. The third kappa shape index (κ3) is 3.17. The standard InChI is InChI=1S/C17H20N2OS/c1-11(16-10-14-6-4-5-7-15(14)20-16)18-9-8-17-12(2)19-13(3)21-17/h4-7,10-11,18H,8-9H2,1-3H3. The Morgan fingerprint density at radius 3 is 2.81 bits per heavy atom. The minimum atomic E-state index is 0.215.